The van der Waals surface area contributed by atoms with Gasteiger partial charge in [-0.2, -0.15) is 0 Å². The molecule has 0 fully saturated rings. The number of nitrogens with one attached hydrogen (secondary N) is 1. The Morgan fingerprint density at radius 2 is 1.63 bits per heavy atom. The normalized spacial score (nSPS) is 14.1. The fraction of sp³-hybridized carbons (Fsp3) is 0.250. The number of aliphatic hydroxyl groups is 1. The van der Waals surface area contributed by atoms with Gasteiger partial charge in [0, 0.05) is 17.6 Å². The SMILES string of the molecule is C[C@@H](NCC(O)c1ccccc1)c1ccc(Cl)cc1. The molecule has 0 saturated carbocycles. The molecule has 0 heterocycles. The van der Waals surface area contributed by atoms with Crippen LogP contribution in [0.4, 0.5) is 0 Å². The number of halogens is 1. The first-order chi connectivity index (χ1) is 9.16. The molecule has 2 aromatic carbocycles. The number of rotatable bonds is 5. The van der Waals surface area contributed by atoms with Crippen LogP contribution in [0.25, 0.3) is 0 Å². The van der Waals surface area contributed by atoms with Gasteiger partial charge < -0.3 is 10.4 Å². The minimum Gasteiger partial charge on any atom is -0.387 e. The Bertz CT molecular complexity index is 498. The van der Waals surface area contributed by atoms with Crippen molar-refractivity contribution in [2.75, 3.05) is 6.54 Å². The van der Waals surface area contributed by atoms with Crippen LogP contribution in [0.1, 0.15) is 30.2 Å². The molecule has 0 amide bonds. The van der Waals surface area contributed by atoms with Gasteiger partial charge in [0.1, 0.15) is 0 Å². The van der Waals surface area contributed by atoms with E-state index in [1.807, 2.05) is 54.6 Å². The lowest BCUT2D eigenvalue weighted by Gasteiger charge is -2.17. The molecule has 0 aliphatic carbocycles. The van der Waals surface area contributed by atoms with Crippen LogP contribution in [0.5, 0.6) is 0 Å². The average molecular weight is 276 g/mol. The summed E-state index contributed by atoms with van der Waals surface area (Å²) in [5.74, 6) is 0. The molecule has 2 aromatic rings. The lowest BCUT2D eigenvalue weighted by atomic mass is 10.1. The molecule has 0 saturated heterocycles. The van der Waals surface area contributed by atoms with E-state index in [-0.39, 0.29) is 6.04 Å². The molecule has 0 aromatic heterocycles. The summed E-state index contributed by atoms with van der Waals surface area (Å²) >= 11 is 5.86. The van der Waals surface area contributed by atoms with Crippen molar-refractivity contribution >= 4 is 11.6 Å². The molecule has 0 radical (unpaired) electrons. The standard InChI is InChI=1S/C16H18ClNO/c1-12(13-7-9-15(17)10-8-13)18-11-16(19)14-5-3-2-4-6-14/h2-10,12,16,18-19H,11H2,1H3/t12-,16?/m1/s1. The maximum atomic E-state index is 10.1. The third kappa shape index (κ3) is 4.06. The number of benzene rings is 2. The average Bonchev–Trinajstić information content (AvgIpc) is 2.46. The molecular weight excluding hydrogens is 258 g/mol. The van der Waals surface area contributed by atoms with E-state index in [1.165, 1.54) is 0 Å². The van der Waals surface area contributed by atoms with Crippen molar-refractivity contribution in [3.8, 4) is 0 Å². The van der Waals surface area contributed by atoms with E-state index in [9.17, 15) is 5.11 Å². The van der Waals surface area contributed by atoms with Gasteiger partial charge in [-0.3, -0.25) is 0 Å². The highest BCUT2D eigenvalue weighted by Crippen LogP contribution is 2.17. The van der Waals surface area contributed by atoms with Crippen LogP contribution in [0.15, 0.2) is 54.6 Å². The lowest BCUT2D eigenvalue weighted by Crippen LogP contribution is -2.24. The number of aliphatic hydroxyl groups excluding tert-OH is 1. The zero-order valence-electron chi connectivity index (χ0n) is 10.9. The first-order valence-corrected chi connectivity index (χ1v) is 6.76. The zero-order chi connectivity index (χ0) is 13.7. The predicted octanol–water partition coefficient (Wildman–Crippen LogP) is 3.72. The first kappa shape index (κ1) is 14.1. The van der Waals surface area contributed by atoms with Crippen molar-refractivity contribution in [1.29, 1.82) is 0 Å². The Morgan fingerprint density at radius 3 is 2.26 bits per heavy atom. The van der Waals surface area contributed by atoms with E-state index >= 15 is 0 Å². The molecule has 0 bridgehead atoms. The Labute approximate surface area is 119 Å². The summed E-state index contributed by atoms with van der Waals surface area (Å²) in [6, 6.07) is 17.6. The third-order valence-corrected chi connectivity index (χ3v) is 3.42. The molecule has 0 aliphatic rings. The topological polar surface area (TPSA) is 32.3 Å². The third-order valence-electron chi connectivity index (χ3n) is 3.17. The Hall–Kier alpha value is -1.35. The summed E-state index contributed by atoms with van der Waals surface area (Å²) in [6.45, 7) is 2.59. The lowest BCUT2D eigenvalue weighted by molar-refractivity contribution is 0.171. The Balaban J connectivity index is 1.90. The number of hydrogen-bond donors (Lipinski definition) is 2. The van der Waals surface area contributed by atoms with Gasteiger partial charge in [-0.25, -0.2) is 0 Å². The second kappa shape index (κ2) is 6.71. The number of hydrogen-bond acceptors (Lipinski definition) is 2. The van der Waals surface area contributed by atoms with E-state index in [0.717, 1.165) is 16.1 Å². The first-order valence-electron chi connectivity index (χ1n) is 6.38. The van der Waals surface area contributed by atoms with Crippen LogP contribution in [0, 0.1) is 0 Å². The molecule has 2 rings (SSSR count). The molecule has 0 aliphatic heterocycles. The van der Waals surface area contributed by atoms with Crippen LogP contribution >= 0.6 is 11.6 Å². The van der Waals surface area contributed by atoms with E-state index < -0.39 is 6.10 Å². The van der Waals surface area contributed by atoms with Gasteiger partial charge in [-0.05, 0) is 30.2 Å². The Morgan fingerprint density at radius 1 is 1.00 bits per heavy atom. The second-order valence-corrected chi connectivity index (χ2v) is 5.04. The molecular formula is C16H18ClNO. The summed E-state index contributed by atoms with van der Waals surface area (Å²) in [5, 5.41) is 14.1. The van der Waals surface area contributed by atoms with Gasteiger partial charge in [0.05, 0.1) is 6.10 Å². The molecule has 2 nitrogen and oxygen atoms in total. The summed E-state index contributed by atoms with van der Waals surface area (Å²) < 4.78 is 0. The summed E-state index contributed by atoms with van der Waals surface area (Å²) in [4.78, 5) is 0. The summed E-state index contributed by atoms with van der Waals surface area (Å²) in [7, 11) is 0. The van der Waals surface area contributed by atoms with E-state index in [0.29, 0.717) is 6.54 Å². The van der Waals surface area contributed by atoms with Gasteiger partial charge in [0.2, 0.25) is 0 Å². The highest BCUT2D eigenvalue weighted by molar-refractivity contribution is 6.30. The quantitative estimate of drug-likeness (QED) is 0.872. The van der Waals surface area contributed by atoms with Gasteiger partial charge >= 0.3 is 0 Å². The minimum absolute atomic E-state index is 0.177. The second-order valence-electron chi connectivity index (χ2n) is 4.61. The molecule has 1 unspecified atom stereocenters. The van der Waals surface area contributed by atoms with Crippen LogP contribution in [0.3, 0.4) is 0 Å². The van der Waals surface area contributed by atoms with Crippen molar-refractivity contribution in [2.24, 2.45) is 0 Å². The fourth-order valence-electron chi connectivity index (χ4n) is 1.95. The maximum absolute atomic E-state index is 10.1. The van der Waals surface area contributed by atoms with Crippen molar-refractivity contribution in [3.05, 3.63) is 70.7 Å². The smallest absolute Gasteiger partial charge is 0.0914 e. The fourth-order valence-corrected chi connectivity index (χ4v) is 2.08. The van der Waals surface area contributed by atoms with Crippen molar-refractivity contribution in [1.82, 2.24) is 5.32 Å². The highest BCUT2D eigenvalue weighted by Gasteiger charge is 2.10. The molecule has 2 atom stereocenters. The molecule has 100 valence electrons. The van der Waals surface area contributed by atoms with Crippen molar-refractivity contribution in [2.45, 2.75) is 19.1 Å². The van der Waals surface area contributed by atoms with Crippen molar-refractivity contribution in [3.63, 3.8) is 0 Å². The maximum Gasteiger partial charge on any atom is 0.0914 e. The van der Waals surface area contributed by atoms with Gasteiger partial charge in [0.25, 0.3) is 0 Å². The molecule has 2 N–H and O–H groups in total. The monoisotopic (exact) mass is 275 g/mol. The molecule has 0 spiro atoms. The van der Waals surface area contributed by atoms with Gasteiger partial charge in [-0.15, -0.1) is 0 Å². The highest BCUT2D eigenvalue weighted by atomic mass is 35.5. The Kier molecular flexibility index (Phi) is 4.97. The minimum atomic E-state index is -0.490. The largest absolute Gasteiger partial charge is 0.387 e. The van der Waals surface area contributed by atoms with Crippen LogP contribution < -0.4 is 5.32 Å². The van der Waals surface area contributed by atoms with E-state index in [4.69, 9.17) is 11.6 Å². The predicted molar refractivity (Wildman–Crippen MR) is 79.3 cm³/mol. The van der Waals surface area contributed by atoms with E-state index in [1.54, 1.807) is 0 Å². The van der Waals surface area contributed by atoms with Crippen LogP contribution in [0.2, 0.25) is 5.02 Å². The van der Waals surface area contributed by atoms with Crippen LogP contribution in [-0.4, -0.2) is 11.7 Å². The van der Waals surface area contributed by atoms with Gasteiger partial charge in [-0.1, -0.05) is 54.1 Å². The molecule has 19 heavy (non-hydrogen) atoms. The van der Waals surface area contributed by atoms with Gasteiger partial charge in [0.15, 0.2) is 0 Å². The zero-order valence-corrected chi connectivity index (χ0v) is 11.6. The molecule has 3 heteroatoms. The summed E-state index contributed by atoms with van der Waals surface area (Å²) in [5.41, 5.74) is 2.09. The van der Waals surface area contributed by atoms with Crippen LogP contribution in [-0.2, 0) is 0 Å². The van der Waals surface area contributed by atoms with E-state index in [2.05, 4.69) is 12.2 Å². The van der Waals surface area contributed by atoms with Crippen molar-refractivity contribution < 1.29 is 5.11 Å². The summed E-state index contributed by atoms with van der Waals surface area (Å²) in [6.07, 6.45) is -0.490.